The fraction of sp³-hybridized carbons (Fsp3) is 0.238. The third-order valence-corrected chi connectivity index (χ3v) is 4.95. The summed E-state index contributed by atoms with van der Waals surface area (Å²) in [6, 6.07) is 12.5. The Labute approximate surface area is 170 Å². The minimum Gasteiger partial charge on any atom is -0.490 e. The summed E-state index contributed by atoms with van der Waals surface area (Å²) in [5, 5.41) is 9.16. The second kappa shape index (κ2) is 9.75. The van der Waals surface area contributed by atoms with Gasteiger partial charge in [0.15, 0.2) is 11.5 Å². The van der Waals surface area contributed by atoms with Gasteiger partial charge >= 0.3 is 16.1 Å². The molecule has 0 aromatic heterocycles. The Morgan fingerprint density at radius 2 is 1.76 bits per heavy atom. The number of rotatable bonds is 8. The maximum absolute atomic E-state index is 12.5. The van der Waals surface area contributed by atoms with E-state index < -0.39 is 16.1 Å². The van der Waals surface area contributed by atoms with Crippen LogP contribution in [0.4, 0.5) is 0 Å². The second-order valence-corrected chi connectivity index (χ2v) is 7.43. The molecule has 0 radical (unpaired) electrons. The first-order valence-electron chi connectivity index (χ1n) is 8.87. The van der Waals surface area contributed by atoms with Crippen LogP contribution >= 0.6 is 0 Å². The Balaban J connectivity index is 2.38. The van der Waals surface area contributed by atoms with Gasteiger partial charge in [-0.1, -0.05) is 23.8 Å². The average molecular weight is 415 g/mol. The van der Waals surface area contributed by atoms with Crippen molar-refractivity contribution in [3.05, 3.63) is 59.2 Å². The van der Waals surface area contributed by atoms with Crippen molar-refractivity contribution < 1.29 is 26.9 Å². The molecule has 8 heteroatoms. The summed E-state index contributed by atoms with van der Waals surface area (Å²) in [5.41, 5.74) is 1.19. The summed E-state index contributed by atoms with van der Waals surface area (Å²) in [6.07, 6.45) is 1.33. The molecule has 7 nitrogen and oxygen atoms in total. The van der Waals surface area contributed by atoms with Crippen molar-refractivity contribution in [3.63, 3.8) is 0 Å². The number of ether oxygens (including phenoxy) is 2. The molecule has 0 bridgehead atoms. The number of hydrogen-bond donors (Lipinski definition) is 0. The van der Waals surface area contributed by atoms with Crippen molar-refractivity contribution >= 4 is 22.2 Å². The second-order valence-electron chi connectivity index (χ2n) is 5.88. The maximum atomic E-state index is 12.5. The van der Waals surface area contributed by atoms with Crippen LogP contribution in [-0.4, -0.2) is 27.6 Å². The van der Waals surface area contributed by atoms with Gasteiger partial charge in [0, 0.05) is 0 Å². The highest BCUT2D eigenvalue weighted by molar-refractivity contribution is 7.87. The number of nitriles is 1. The van der Waals surface area contributed by atoms with Crippen molar-refractivity contribution in [2.75, 3.05) is 13.2 Å². The standard InChI is InChI=1S/C21H21NO6S/c1-4-26-20-13-16(12-17(14-22)21(23)27-5-2)8-11-19(20)28-29(24,25)18-9-6-15(3)7-10-18/h6-13H,4-5H2,1-3H3/b17-12-. The fourth-order valence-corrected chi connectivity index (χ4v) is 3.27. The molecule has 29 heavy (non-hydrogen) atoms. The number of carbonyl (C=O) groups excluding carboxylic acids is 1. The van der Waals surface area contributed by atoms with E-state index in [1.54, 1.807) is 32.0 Å². The van der Waals surface area contributed by atoms with Gasteiger partial charge in [-0.15, -0.1) is 0 Å². The van der Waals surface area contributed by atoms with Gasteiger partial charge in [-0.3, -0.25) is 0 Å². The molecule has 0 fully saturated rings. The van der Waals surface area contributed by atoms with Gasteiger partial charge in [0.1, 0.15) is 16.5 Å². The van der Waals surface area contributed by atoms with Gasteiger partial charge in [0.2, 0.25) is 0 Å². The van der Waals surface area contributed by atoms with Gasteiger partial charge in [0.25, 0.3) is 0 Å². The summed E-state index contributed by atoms with van der Waals surface area (Å²) < 4.78 is 40.7. The Kier molecular flexibility index (Phi) is 7.39. The summed E-state index contributed by atoms with van der Waals surface area (Å²) in [5.74, 6) is -0.576. The zero-order chi connectivity index (χ0) is 21.4. The zero-order valence-electron chi connectivity index (χ0n) is 16.3. The third kappa shape index (κ3) is 5.83. The number of nitrogens with zero attached hydrogens (tertiary/aromatic N) is 1. The molecule has 0 spiro atoms. The highest BCUT2D eigenvalue weighted by Gasteiger charge is 2.19. The van der Waals surface area contributed by atoms with Crippen LogP contribution in [0.25, 0.3) is 6.08 Å². The van der Waals surface area contributed by atoms with Crippen molar-refractivity contribution in [1.29, 1.82) is 5.26 Å². The van der Waals surface area contributed by atoms with Crippen molar-refractivity contribution in [1.82, 2.24) is 0 Å². The molecule has 0 aliphatic carbocycles. The lowest BCUT2D eigenvalue weighted by Gasteiger charge is -2.13. The van der Waals surface area contributed by atoms with E-state index in [4.69, 9.17) is 18.9 Å². The SMILES string of the molecule is CCOC(=O)/C(C#N)=C\c1ccc(OS(=O)(=O)c2ccc(C)cc2)c(OCC)c1. The number of esters is 1. The van der Waals surface area contributed by atoms with Gasteiger partial charge in [0.05, 0.1) is 13.2 Å². The molecule has 2 rings (SSSR count). The minimum absolute atomic E-state index is 0.000725. The van der Waals surface area contributed by atoms with Gasteiger partial charge in [-0.05, 0) is 56.7 Å². The van der Waals surface area contributed by atoms with Crippen LogP contribution < -0.4 is 8.92 Å². The van der Waals surface area contributed by atoms with Crippen LogP contribution in [-0.2, 0) is 19.6 Å². The lowest BCUT2D eigenvalue weighted by atomic mass is 10.1. The van der Waals surface area contributed by atoms with E-state index in [1.807, 2.05) is 6.92 Å². The van der Waals surface area contributed by atoms with Crippen molar-refractivity contribution in [3.8, 4) is 17.6 Å². The Morgan fingerprint density at radius 3 is 2.34 bits per heavy atom. The molecule has 0 aliphatic heterocycles. The normalized spacial score (nSPS) is 11.4. The van der Waals surface area contributed by atoms with E-state index in [0.29, 0.717) is 5.56 Å². The van der Waals surface area contributed by atoms with Crippen LogP contribution in [0.1, 0.15) is 25.0 Å². The van der Waals surface area contributed by atoms with E-state index in [0.717, 1.165) is 5.56 Å². The summed E-state index contributed by atoms with van der Waals surface area (Å²) in [4.78, 5) is 11.8. The van der Waals surface area contributed by atoms with Crippen LogP contribution in [0.15, 0.2) is 52.9 Å². The number of benzene rings is 2. The Morgan fingerprint density at radius 1 is 1.07 bits per heavy atom. The lowest BCUT2D eigenvalue weighted by molar-refractivity contribution is -0.137. The molecule has 0 aliphatic rings. The maximum Gasteiger partial charge on any atom is 0.348 e. The molecule has 0 saturated heterocycles. The zero-order valence-corrected chi connectivity index (χ0v) is 17.2. The molecule has 0 N–H and O–H groups in total. The van der Waals surface area contributed by atoms with E-state index in [2.05, 4.69) is 0 Å². The average Bonchev–Trinajstić information content (AvgIpc) is 2.68. The molecule has 2 aromatic rings. The number of aryl methyl sites for hydroxylation is 1. The minimum atomic E-state index is -4.05. The van der Waals surface area contributed by atoms with Gasteiger partial charge < -0.3 is 13.7 Å². The molecule has 0 unspecified atom stereocenters. The van der Waals surface area contributed by atoms with Gasteiger partial charge in [-0.25, -0.2) is 4.79 Å². The third-order valence-electron chi connectivity index (χ3n) is 3.70. The summed E-state index contributed by atoms with van der Waals surface area (Å²) in [6.45, 7) is 5.63. The predicted octanol–water partition coefficient (Wildman–Crippen LogP) is 3.63. The molecule has 0 saturated carbocycles. The van der Waals surface area contributed by atoms with E-state index in [1.165, 1.54) is 36.4 Å². The predicted molar refractivity (Wildman–Crippen MR) is 107 cm³/mol. The smallest absolute Gasteiger partial charge is 0.348 e. The monoisotopic (exact) mass is 415 g/mol. The molecule has 0 heterocycles. The first kappa shape index (κ1) is 22.0. The number of carbonyl (C=O) groups is 1. The molecular formula is C21H21NO6S. The van der Waals surface area contributed by atoms with Crippen LogP contribution in [0, 0.1) is 18.3 Å². The summed E-state index contributed by atoms with van der Waals surface area (Å²) >= 11 is 0. The lowest BCUT2D eigenvalue weighted by Crippen LogP contribution is -2.11. The fourth-order valence-electron chi connectivity index (χ4n) is 2.34. The Bertz CT molecular complexity index is 1050. The largest absolute Gasteiger partial charge is 0.490 e. The summed E-state index contributed by atoms with van der Waals surface area (Å²) in [7, 11) is -4.05. The molecule has 0 amide bonds. The molecule has 2 aromatic carbocycles. The van der Waals surface area contributed by atoms with E-state index >= 15 is 0 Å². The van der Waals surface area contributed by atoms with Crippen molar-refractivity contribution in [2.24, 2.45) is 0 Å². The molecule has 152 valence electrons. The van der Waals surface area contributed by atoms with Gasteiger partial charge in [-0.2, -0.15) is 13.7 Å². The van der Waals surface area contributed by atoms with E-state index in [-0.39, 0.29) is 35.2 Å². The number of hydrogen-bond acceptors (Lipinski definition) is 7. The van der Waals surface area contributed by atoms with Crippen LogP contribution in [0.5, 0.6) is 11.5 Å². The highest BCUT2D eigenvalue weighted by atomic mass is 32.2. The van der Waals surface area contributed by atoms with Crippen LogP contribution in [0.3, 0.4) is 0 Å². The first-order chi connectivity index (χ1) is 13.8. The molecular weight excluding hydrogens is 394 g/mol. The quantitative estimate of drug-likeness (QED) is 0.281. The Hall–Kier alpha value is -3.31. The topological polar surface area (TPSA) is 103 Å². The van der Waals surface area contributed by atoms with Crippen molar-refractivity contribution in [2.45, 2.75) is 25.7 Å². The van der Waals surface area contributed by atoms with E-state index in [9.17, 15) is 13.2 Å². The first-order valence-corrected chi connectivity index (χ1v) is 10.3. The molecule has 0 atom stereocenters. The highest BCUT2D eigenvalue weighted by Crippen LogP contribution is 2.32. The van der Waals surface area contributed by atoms with Crippen LogP contribution in [0.2, 0.25) is 0 Å².